The first-order valence-electron chi connectivity index (χ1n) is 4.66. The lowest BCUT2D eigenvalue weighted by atomic mass is 9.94. The smallest absolute Gasteiger partial charge is 0.107 e. The highest BCUT2D eigenvalue weighted by molar-refractivity contribution is 9.11. The van der Waals surface area contributed by atoms with Crippen LogP contribution in [-0.2, 0) is 4.74 Å². The maximum Gasteiger partial charge on any atom is 0.107 e. The van der Waals surface area contributed by atoms with E-state index in [1.807, 2.05) is 13.8 Å². The van der Waals surface area contributed by atoms with E-state index in [1.54, 1.807) is 18.0 Å². The molecule has 1 saturated heterocycles. The number of aliphatic hydroxyl groups is 2. The third-order valence-corrected chi connectivity index (χ3v) is 3.00. The lowest BCUT2D eigenvalue weighted by Gasteiger charge is -2.28. The molecule has 3 atom stereocenters. The standard InChI is InChI=1S/C10H17BrO3/c1-9(2)7(12)6-8(14-9)10(3,13)4-5-11/h4-5,7-8,12-13H,6H2,1-3H3/b5-4+/t7-,8+,10-/m1/s1. The van der Waals surface area contributed by atoms with Gasteiger partial charge in [0.1, 0.15) is 5.60 Å². The minimum atomic E-state index is -1.04. The van der Waals surface area contributed by atoms with Crippen molar-refractivity contribution in [3.63, 3.8) is 0 Å². The van der Waals surface area contributed by atoms with Gasteiger partial charge in [0, 0.05) is 6.42 Å². The van der Waals surface area contributed by atoms with Gasteiger partial charge in [-0.05, 0) is 31.8 Å². The number of ether oxygens (including phenoxy) is 1. The SMILES string of the molecule is CC1(C)O[C@H]([C@](C)(O)/C=C/Br)C[C@H]1O. The van der Waals surface area contributed by atoms with E-state index in [0.717, 1.165) is 0 Å². The molecule has 0 saturated carbocycles. The molecule has 1 aliphatic rings. The van der Waals surface area contributed by atoms with E-state index < -0.39 is 17.3 Å². The molecule has 1 fully saturated rings. The molecule has 0 spiro atoms. The van der Waals surface area contributed by atoms with Crippen molar-refractivity contribution in [3.05, 3.63) is 11.1 Å². The highest BCUT2D eigenvalue weighted by Gasteiger charge is 2.46. The van der Waals surface area contributed by atoms with Gasteiger partial charge in [-0.1, -0.05) is 15.9 Å². The first-order chi connectivity index (χ1) is 6.29. The van der Waals surface area contributed by atoms with Gasteiger partial charge in [-0.25, -0.2) is 0 Å². The molecule has 0 aromatic rings. The van der Waals surface area contributed by atoms with E-state index in [9.17, 15) is 10.2 Å². The Kier molecular flexibility index (Phi) is 3.41. The summed E-state index contributed by atoms with van der Waals surface area (Å²) in [5, 5.41) is 19.7. The zero-order valence-electron chi connectivity index (χ0n) is 8.70. The molecule has 2 N–H and O–H groups in total. The van der Waals surface area contributed by atoms with Gasteiger partial charge in [-0.15, -0.1) is 0 Å². The van der Waals surface area contributed by atoms with E-state index in [0.29, 0.717) is 6.42 Å². The van der Waals surface area contributed by atoms with Crippen LogP contribution in [0.5, 0.6) is 0 Å². The Morgan fingerprint density at radius 1 is 1.57 bits per heavy atom. The summed E-state index contributed by atoms with van der Waals surface area (Å²) in [6.45, 7) is 5.32. The van der Waals surface area contributed by atoms with Crippen LogP contribution in [0.25, 0.3) is 0 Å². The summed E-state index contributed by atoms with van der Waals surface area (Å²) >= 11 is 3.12. The van der Waals surface area contributed by atoms with Crippen LogP contribution < -0.4 is 0 Å². The molecule has 82 valence electrons. The summed E-state index contributed by atoms with van der Waals surface area (Å²) in [5.41, 5.74) is -1.62. The Morgan fingerprint density at radius 3 is 2.50 bits per heavy atom. The second-order valence-electron chi connectivity index (χ2n) is 4.48. The maximum absolute atomic E-state index is 10.0. The number of rotatable bonds is 2. The Labute approximate surface area is 92.9 Å². The highest BCUT2D eigenvalue weighted by Crippen LogP contribution is 2.35. The predicted molar refractivity (Wildman–Crippen MR) is 58.3 cm³/mol. The van der Waals surface area contributed by atoms with Crippen LogP contribution in [0.4, 0.5) is 0 Å². The van der Waals surface area contributed by atoms with Crippen LogP contribution in [0.2, 0.25) is 0 Å². The molecule has 0 bridgehead atoms. The number of aliphatic hydroxyl groups excluding tert-OH is 1. The average Bonchev–Trinajstić information content (AvgIpc) is 2.27. The fourth-order valence-corrected chi connectivity index (χ4v) is 2.11. The topological polar surface area (TPSA) is 49.7 Å². The molecule has 1 rings (SSSR count). The molecular weight excluding hydrogens is 248 g/mol. The normalized spacial score (nSPS) is 36.1. The summed E-state index contributed by atoms with van der Waals surface area (Å²) in [6, 6.07) is 0. The molecule has 14 heavy (non-hydrogen) atoms. The van der Waals surface area contributed by atoms with E-state index in [-0.39, 0.29) is 6.10 Å². The molecule has 0 aliphatic carbocycles. The molecule has 0 aromatic heterocycles. The Morgan fingerprint density at radius 2 is 2.14 bits per heavy atom. The molecule has 0 unspecified atom stereocenters. The van der Waals surface area contributed by atoms with Gasteiger partial charge >= 0.3 is 0 Å². The van der Waals surface area contributed by atoms with Gasteiger partial charge in [0.05, 0.1) is 17.8 Å². The second kappa shape index (κ2) is 3.93. The Balaban J connectivity index is 2.75. The van der Waals surface area contributed by atoms with Crippen molar-refractivity contribution in [1.29, 1.82) is 0 Å². The van der Waals surface area contributed by atoms with E-state index >= 15 is 0 Å². The molecule has 1 aliphatic heterocycles. The third-order valence-electron chi connectivity index (χ3n) is 2.74. The van der Waals surface area contributed by atoms with E-state index in [2.05, 4.69) is 15.9 Å². The van der Waals surface area contributed by atoms with Crippen LogP contribution >= 0.6 is 15.9 Å². The summed E-state index contributed by atoms with van der Waals surface area (Å²) in [5.74, 6) is 0. The fourth-order valence-electron chi connectivity index (χ4n) is 1.57. The molecule has 0 aromatic carbocycles. The van der Waals surface area contributed by atoms with Crippen molar-refractivity contribution in [2.45, 2.75) is 50.6 Å². The second-order valence-corrected chi connectivity index (χ2v) is 5.01. The van der Waals surface area contributed by atoms with E-state index in [1.165, 1.54) is 0 Å². The zero-order chi connectivity index (χ0) is 11.0. The van der Waals surface area contributed by atoms with Crippen LogP contribution in [0.1, 0.15) is 27.2 Å². The van der Waals surface area contributed by atoms with Crippen LogP contribution in [-0.4, -0.2) is 33.6 Å². The maximum atomic E-state index is 10.0. The summed E-state index contributed by atoms with van der Waals surface area (Å²) < 4.78 is 5.61. The first kappa shape index (κ1) is 12.2. The molecule has 4 heteroatoms. The minimum Gasteiger partial charge on any atom is -0.390 e. The highest BCUT2D eigenvalue weighted by atomic mass is 79.9. The van der Waals surface area contributed by atoms with Gasteiger partial charge in [0.15, 0.2) is 0 Å². The third kappa shape index (κ3) is 2.37. The van der Waals surface area contributed by atoms with Crippen LogP contribution in [0.3, 0.4) is 0 Å². The number of hydrogen-bond acceptors (Lipinski definition) is 3. The Hall–Kier alpha value is 0.1000. The van der Waals surface area contributed by atoms with Gasteiger partial charge in [0.2, 0.25) is 0 Å². The summed E-state index contributed by atoms with van der Waals surface area (Å²) in [4.78, 5) is 1.61. The largest absolute Gasteiger partial charge is 0.390 e. The van der Waals surface area contributed by atoms with Crippen molar-refractivity contribution in [2.24, 2.45) is 0 Å². The summed E-state index contributed by atoms with van der Waals surface area (Å²) in [6.07, 6.45) is 1.19. The van der Waals surface area contributed by atoms with Crippen molar-refractivity contribution >= 4 is 15.9 Å². The minimum absolute atomic E-state index is 0.360. The average molecular weight is 265 g/mol. The molecule has 3 nitrogen and oxygen atoms in total. The van der Waals surface area contributed by atoms with E-state index in [4.69, 9.17) is 4.74 Å². The quantitative estimate of drug-likeness (QED) is 0.796. The molecule has 0 radical (unpaired) electrons. The monoisotopic (exact) mass is 264 g/mol. The molecule has 1 heterocycles. The van der Waals surface area contributed by atoms with Crippen LogP contribution in [0.15, 0.2) is 11.1 Å². The van der Waals surface area contributed by atoms with Gasteiger partial charge in [-0.2, -0.15) is 0 Å². The molecule has 0 amide bonds. The summed E-state index contributed by atoms with van der Waals surface area (Å²) in [7, 11) is 0. The van der Waals surface area contributed by atoms with Gasteiger partial charge < -0.3 is 14.9 Å². The lowest BCUT2D eigenvalue weighted by molar-refractivity contribution is -0.109. The van der Waals surface area contributed by atoms with Crippen LogP contribution in [0, 0.1) is 0 Å². The van der Waals surface area contributed by atoms with Crippen molar-refractivity contribution in [2.75, 3.05) is 0 Å². The fraction of sp³-hybridized carbons (Fsp3) is 0.800. The lowest BCUT2D eigenvalue weighted by Crippen LogP contribution is -2.38. The molecular formula is C10H17BrO3. The zero-order valence-corrected chi connectivity index (χ0v) is 10.3. The van der Waals surface area contributed by atoms with Crippen molar-refractivity contribution in [3.8, 4) is 0 Å². The number of hydrogen-bond donors (Lipinski definition) is 2. The Bertz CT molecular complexity index is 236. The van der Waals surface area contributed by atoms with Gasteiger partial charge in [0.25, 0.3) is 0 Å². The van der Waals surface area contributed by atoms with Crippen molar-refractivity contribution < 1.29 is 14.9 Å². The van der Waals surface area contributed by atoms with Gasteiger partial charge in [-0.3, -0.25) is 0 Å². The van der Waals surface area contributed by atoms with Crippen molar-refractivity contribution in [1.82, 2.24) is 0 Å². The number of halogens is 1. The predicted octanol–water partition coefficient (Wildman–Crippen LogP) is 1.57. The first-order valence-corrected chi connectivity index (χ1v) is 5.57.